The average molecular weight is 226 g/mol. The summed E-state index contributed by atoms with van der Waals surface area (Å²) in [5.74, 6) is -2.19. The number of halogens is 2. The second-order valence-corrected chi connectivity index (χ2v) is 4.06. The standard InChI is InChI=1S/C12H12F2O2/c1-16-11(15)12(5-2-6-12)8-3-4-9(13)10(14)7-8/h3-4,7H,2,5-6H2,1H3. The summed E-state index contributed by atoms with van der Waals surface area (Å²) in [6.07, 6.45) is 2.16. The van der Waals surface area contributed by atoms with E-state index in [2.05, 4.69) is 0 Å². The predicted octanol–water partition coefficient (Wildman–Crippen LogP) is 2.56. The van der Waals surface area contributed by atoms with Crippen molar-refractivity contribution in [3.63, 3.8) is 0 Å². The highest BCUT2D eigenvalue weighted by Gasteiger charge is 2.47. The molecular formula is C12H12F2O2. The third-order valence-electron chi connectivity index (χ3n) is 3.26. The molecule has 1 aromatic carbocycles. The third-order valence-corrected chi connectivity index (χ3v) is 3.26. The van der Waals surface area contributed by atoms with Crippen molar-refractivity contribution in [1.29, 1.82) is 0 Å². The van der Waals surface area contributed by atoms with E-state index in [0.29, 0.717) is 18.4 Å². The first-order valence-electron chi connectivity index (χ1n) is 5.14. The van der Waals surface area contributed by atoms with Crippen LogP contribution in [-0.2, 0) is 14.9 Å². The van der Waals surface area contributed by atoms with Crippen molar-refractivity contribution < 1.29 is 18.3 Å². The average Bonchev–Trinajstić information content (AvgIpc) is 2.21. The van der Waals surface area contributed by atoms with Crippen molar-refractivity contribution in [3.05, 3.63) is 35.4 Å². The van der Waals surface area contributed by atoms with Gasteiger partial charge in [-0.1, -0.05) is 12.5 Å². The molecule has 4 heteroatoms. The Labute approximate surface area is 92.2 Å². The van der Waals surface area contributed by atoms with Crippen LogP contribution in [0.5, 0.6) is 0 Å². The Morgan fingerprint density at radius 1 is 1.31 bits per heavy atom. The molecule has 0 aromatic heterocycles. The maximum atomic E-state index is 13.1. The summed E-state index contributed by atoms with van der Waals surface area (Å²) in [6, 6.07) is 3.59. The number of carbonyl (C=O) groups is 1. The van der Waals surface area contributed by atoms with Crippen LogP contribution < -0.4 is 0 Å². The van der Waals surface area contributed by atoms with Gasteiger partial charge in [-0.25, -0.2) is 8.78 Å². The minimum Gasteiger partial charge on any atom is -0.468 e. The second kappa shape index (κ2) is 3.85. The molecule has 0 radical (unpaired) electrons. The Bertz CT molecular complexity index is 425. The van der Waals surface area contributed by atoms with Gasteiger partial charge in [0, 0.05) is 0 Å². The lowest BCUT2D eigenvalue weighted by molar-refractivity contribution is -0.151. The Balaban J connectivity index is 2.41. The van der Waals surface area contributed by atoms with Crippen LogP contribution in [0.2, 0.25) is 0 Å². The van der Waals surface area contributed by atoms with Crippen molar-refractivity contribution >= 4 is 5.97 Å². The number of esters is 1. The molecule has 0 N–H and O–H groups in total. The summed E-state index contributed by atoms with van der Waals surface area (Å²) in [4.78, 5) is 11.7. The van der Waals surface area contributed by atoms with Gasteiger partial charge < -0.3 is 4.74 Å². The molecule has 0 aliphatic heterocycles. The molecule has 1 fully saturated rings. The predicted molar refractivity (Wildman–Crippen MR) is 53.9 cm³/mol. The van der Waals surface area contributed by atoms with Crippen molar-refractivity contribution in [1.82, 2.24) is 0 Å². The van der Waals surface area contributed by atoms with Crippen molar-refractivity contribution in [2.24, 2.45) is 0 Å². The van der Waals surface area contributed by atoms with Crippen LogP contribution in [0.3, 0.4) is 0 Å². The highest BCUT2D eigenvalue weighted by molar-refractivity contribution is 5.84. The number of benzene rings is 1. The number of hydrogen-bond acceptors (Lipinski definition) is 2. The molecule has 0 heterocycles. The maximum Gasteiger partial charge on any atom is 0.316 e. The molecule has 0 bridgehead atoms. The largest absolute Gasteiger partial charge is 0.468 e. The number of methoxy groups -OCH3 is 1. The Kier molecular flexibility index (Phi) is 2.66. The SMILES string of the molecule is COC(=O)C1(c2ccc(F)c(F)c2)CCC1. The number of hydrogen-bond donors (Lipinski definition) is 0. The van der Waals surface area contributed by atoms with E-state index < -0.39 is 17.0 Å². The highest BCUT2D eigenvalue weighted by Crippen LogP contribution is 2.44. The zero-order valence-corrected chi connectivity index (χ0v) is 8.93. The van der Waals surface area contributed by atoms with Gasteiger partial charge >= 0.3 is 5.97 Å². The molecule has 2 nitrogen and oxygen atoms in total. The Morgan fingerprint density at radius 3 is 2.44 bits per heavy atom. The van der Waals surface area contributed by atoms with Gasteiger partial charge in [0.1, 0.15) is 0 Å². The van der Waals surface area contributed by atoms with Crippen LogP contribution >= 0.6 is 0 Å². The van der Waals surface area contributed by atoms with Crippen LogP contribution in [0, 0.1) is 11.6 Å². The molecule has 1 aromatic rings. The summed E-state index contributed by atoms with van der Waals surface area (Å²) in [5.41, 5.74) is -0.256. The number of ether oxygens (including phenoxy) is 1. The molecule has 2 rings (SSSR count). The van der Waals surface area contributed by atoms with Gasteiger partial charge in [-0.2, -0.15) is 0 Å². The normalized spacial score (nSPS) is 17.7. The smallest absolute Gasteiger partial charge is 0.316 e. The van der Waals surface area contributed by atoms with Gasteiger partial charge in [0.15, 0.2) is 11.6 Å². The molecule has 16 heavy (non-hydrogen) atoms. The first-order chi connectivity index (χ1) is 7.60. The van der Waals surface area contributed by atoms with Crippen LogP contribution in [0.1, 0.15) is 24.8 Å². The molecule has 1 saturated carbocycles. The quantitative estimate of drug-likeness (QED) is 0.724. The molecule has 0 unspecified atom stereocenters. The van der Waals surface area contributed by atoms with Crippen molar-refractivity contribution in [3.8, 4) is 0 Å². The molecule has 86 valence electrons. The zero-order valence-electron chi connectivity index (χ0n) is 8.93. The summed E-state index contributed by atoms with van der Waals surface area (Å²) in [5, 5.41) is 0. The molecule has 1 aliphatic rings. The van der Waals surface area contributed by atoms with Crippen LogP contribution in [0.15, 0.2) is 18.2 Å². The van der Waals surface area contributed by atoms with Crippen LogP contribution in [0.25, 0.3) is 0 Å². The molecule has 0 spiro atoms. The second-order valence-electron chi connectivity index (χ2n) is 4.06. The number of carbonyl (C=O) groups excluding carboxylic acids is 1. The fourth-order valence-electron chi connectivity index (χ4n) is 2.13. The maximum absolute atomic E-state index is 13.1. The van der Waals surface area contributed by atoms with Crippen LogP contribution in [-0.4, -0.2) is 13.1 Å². The highest BCUT2D eigenvalue weighted by atomic mass is 19.2. The lowest BCUT2D eigenvalue weighted by Gasteiger charge is -2.39. The molecular weight excluding hydrogens is 214 g/mol. The summed E-state index contributed by atoms with van der Waals surface area (Å²) >= 11 is 0. The van der Waals surface area contributed by atoms with Gasteiger partial charge in [-0.3, -0.25) is 4.79 Å². The van der Waals surface area contributed by atoms with Gasteiger partial charge in [0.25, 0.3) is 0 Å². The molecule has 0 saturated heterocycles. The van der Waals surface area contributed by atoms with E-state index in [1.165, 1.54) is 13.2 Å². The summed E-state index contributed by atoms with van der Waals surface area (Å²) in [7, 11) is 1.31. The Hall–Kier alpha value is -1.45. The topological polar surface area (TPSA) is 26.3 Å². The fraction of sp³-hybridized carbons (Fsp3) is 0.417. The van der Waals surface area contributed by atoms with E-state index in [4.69, 9.17) is 4.74 Å². The number of rotatable bonds is 2. The van der Waals surface area contributed by atoms with Crippen molar-refractivity contribution in [2.75, 3.05) is 7.11 Å². The van der Waals surface area contributed by atoms with E-state index in [1.807, 2.05) is 0 Å². The van der Waals surface area contributed by atoms with E-state index >= 15 is 0 Å². The Morgan fingerprint density at radius 2 is 2.00 bits per heavy atom. The van der Waals surface area contributed by atoms with E-state index in [-0.39, 0.29) is 5.97 Å². The van der Waals surface area contributed by atoms with E-state index in [9.17, 15) is 13.6 Å². The van der Waals surface area contributed by atoms with Gasteiger partial charge in [-0.15, -0.1) is 0 Å². The van der Waals surface area contributed by atoms with Crippen molar-refractivity contribution in [2.45, 2.75) is 24.7 Å². The van der Waals surface area contributed by atoms with E-state index in [0.717, 1.165) is 18.6 Å². The van der Waals surface area contributed by atoms with Gasteiger partial charge in [0.2, 0.25) is 0 Å². The summed E-state index contributed by atoms with van der Waals surface area (Å²) in [6.45, 7) is 0. The molecule has 1 aliphatic carbocycles. The van der Waals surface area contributed by atoms with Gasteiger partial charge in [-0.05, 0) is 30.5 Å². The minimum atomic E-state index is -0.923. The first-order valence-corrected chi connectivity index (χ1v) is 5.14. The minimum absolute atomic E-state index is 0.371. The first kappa shape index (κ1) is 11.0. The lowest BCUT2D eigenvalue weighted by Crippen LogP contribution is -2.43. The van der Waals surface area contributed by atoms with E-state index in [1.54, 1.807) is 0 Å². The molecule has 0 amide bonds. The summed E-state index contributed by atoms with van der Waals surface area (Å²) < 4.78 is 30.6. The zero-order chi connectivity index (χ0) is 11.8. The monoisotopic (exact) mass is 226 g/mol. The lowest BCUT2D eigenvalue weighted by atomic mass is 9.64. The van der Waals surface area contributed by atoms with Gasteiger partial charge in [0.05, 0.1) is 12.5 Å². The molecule has 0 atom stereocenters. The fourth-order valence-corrected chi connectivity index (χ4v) is 2.13. The third kappa shape index (κ3) is 1.49. The van der Waals surface area contributed by atoms with Crippen LogP contribution in [0.4, 0.5) is 8.78 Å².